The van der Waals surface area contributed by atoms with Crippen molar-refractivity contribution in [3.05, 3.63) is 47.7 Å². The molecule has 1 amide bonds. The average molecular weight is 692 g/mol. The molecule has 2 unspecified atom stereocenters. The first-order chi connectivity index (χ1) is 23.9. The second kappa shape index (κ2) is 13.1. The van der Waals surface area contributed by atoms with Crippen molar-refractivity contribution in [1.29, 1.82) is 0 Å². The van der Waals surface area contributed by atoms with Crippen LogP contribution in [-0.2, 0) is 15.9 Å². The Kier molecular flexibility index (Phi) is 8.92. The molecule has 2 saturated heterocycles. The van der Waals surface area contributed by atoms with E-state index in [0.717, 1.165) is 25.7 Å². The normalized spacial score (nSPS) is 19.7. The van der Waals surface area contributed by atoms with Crippen LogP contribution in [0.4, 0.5) is 19.4 Å². The largest absolute Gasteiger partial charge is 0.468 e. The highest BCUT2D eigenvalue weighted by Gasteiger charge is 2.46. The maximum Gasteiger partial charge on any atom is 0.410 e. The van der Waals surface area contributed by atoms with E-state index >= 15 is 8.78 Å². The van der Waals surface area contributed by atoms with Crippen LogP contribution in [0.1, 0.15) is 58.9 Å². The standard InChI is InChI=1S/C37H43F2N5O6/c1-6-25-28(38)10-7-21-13-24(49-20-47-5)14-26(29(21)25)31-30(39)32-27(15-40-31)33(42-34(41-32)48-19-37(18-45)11-12-37)43-16-22-8-9-23(17-43)44(22)35(46)50-36(2,3)4/h7,10,13-15,22-23,45H,6,8-9,11-12,16-20H2,1-5H3. The molecule has 4 heterocycles. The van der Waals surface area contributed by atoms with Crippen molar-refractivity contribution in [1.82, 2.24) is 19.9 Å². The first-order valence-electron chi connectivity index (χ1n) is 17.2. The summed E-state index contributed by atoms with van der Waals surface area (Å²) in [6.07, 6.45) is 4.80. The molecule has 1 aliphatic carbocycles. The zero-order valence-corrected chi connectivity index (χ0v) is 29.1. The van der Waals surface area contributed by atoms with Crippen molar-refractivity contribution in [2.24, 2.45) is 5.41 Å². The number of aryl methyl sites for hydroxylation is 1. The van der Waals surface area contributed by atoms with Gasteiger partial charge in [0, 0.05) is 37.4 Å². The number of anilines is 1. The van der Waals surface area contributed by atoms with Crippen LogP contribution in [0.25, 0.3) is 32.9 Å². The fourth-order valence-electron chi connectivity index (χ4n) is 7.18. The number of amides is 1. The van der Waals surface area contributed by atoms with Crippen LogP contribution in [0.2, 0.25) is 0 Å². The van der Waals surface area contributed by atoms with Crippen LogP contribution >= 0.6 is 0 Å². The number of aliphatic hydroxyl groups excluding tert-OH is 1. The maximum absolute atomic E-state index is 17.1. The zero-order valence-electron chi connectivity index (χ0n) is 29.1. The smallest absolute Gasteiger partial charge is 0.410 e. The number of carbonyl (C=O) groups excluding carboxylic acids is 1. The van der Waals surface area contributed by atoms with Crippen molar-refractivity contribution >= 4 is 33.6 Å². The summed E-state index contributed by atoms with van der Waals surface area (Å²) >= 11 is 0. The number of nitrogens with zero attached hydrogens (tertiary/aromatic N) is 5. The number of hydrogen-bond donors (Lipinski definition) is 1. The van der Waals surface area contributed by atoms with Gasteiger partial charge in [-0.1, -0.05) is 13.0 Å². The van der Waals surface area contributed by atoms with Gasteiger partial charge in [0.05, 0.1) is 30.7 Å². The zero-order chi connectivity index (χ0) is 35.4. The highest BCUT2D eigenvalue weighted by Crippen LogP contribution is 2.46. The number of carbonyl (C=O) groups is 1. The fraction of sp³-hybridized carbons (Fsp3) is 0.514. The highest BCUT2D eigenvalue weighted by atomic mass is 19.1. The Balaban J connectivity index is 1.34. The van der Waals surface area contributed by atoms with E-state index in [1.165, 1.54) is 13.2 Å². The minimum Gasteiger partial charge on any atom is -0.468 e. The second-order valence-electron chi connectivity index (χ2n) is 14.6. The van der Waals surface area contributed by atoms with Crippen LogP contribution in [-0.4, -0.2) is 88.9 Å². The minimum absolute atomic E-state index is 0.00317. The van der Waals surface area contributed by atoms with E-state index in [1.54, 1.807) is 24.4 Å². The first kappa shape index (κ1) is 34.1. The van der Waals surface area contributed by atoms with E-state index in [9.17, 15) is 9.90 Å². The summed E-state index contributed by atoms with van der Waals surface area (Å²) in [5.41, 5.74) is -0.223. The van der Waals surface area contributed by atoms with E-state index in [-0.39, 0.29) is 60.8 Å². The van der Waals surface area contributed by atoms with E-state index in [0.29, 0.717) is 58.4 Å². The first-order valence-corrected chi connectivity index (χ1v) is 17.2. The molecule has 0 radical (unpaired) electrons. The number of fused-ring (bicyclic) bond motifs is 4. The number of methoxy groups -OCH3 is 1. The summed E-state index contributed by atoms with van der Waals surface area (Å²) in [7, 11) is 1.50. The van der Waals surface area contributed by atoms with Crippen LogP contribution in [0.3, 0.4) is 0 Å². The molecule has 7 rings (SSSR count). The molecule has 1 saturated carbocycles. The molecule has 0 spiro atoms. The number of aromatic nitrogens is 3. The fourth-order valence-corrected chi connectivity index (χ4v) is 7.18. The van der Waals surface area contributed by atoms with E-state index < -0.39 is 17.2 Å². The lowest BCUT2D eigenvalue weighted by molar-refractivity contribution is 0.0122. The molecule has 2 aromatic carbocycles. The van der Waals surface area contributed by atoms with Gasteiger partial charge in [-0.2, -0.15) is 9.97 Å². The van der Waals surface area contributed by atoms with Gasteiger partial charge in [0.25, 0.3) is 0 Å². The van der Waals surface area contributed by atoms with Crippen LogP contribution < -0.4 is 14.4 Å². The molecule has 266 valence electrons. The Hall–Kier alpha value is -4.36. The van der Waals surface area contributed by atoms with Gasteiger partial charge in [-0.3, -0.25) is 9.88 Å². The lowest BCUT2D eigenvalue weighted by Crippen LogP contribution is -2.57. The van der Waals surface area contributed by atoms with E-state index in [4.69, 9.17) is 23.9 Å². The third-order valence-electron chi connectivity index (χ3n) is 9.92. The predicted octanol–water partition coefficient (Wildman–Crippen LogP) is 6.41. The number of hydrogen-bond acceptors (Lipinski definition) is 10. The molecule has 13 heteroatoms. The molecule has 11 nitrogen and oxygen atoms in total. The molecule has 2 aromatic heterocycles. The Morgan fingerprint density at radius 2 is 1.82 bits per heavy atom. The van der Waals surface area contributed by atoms with E-state index in [1.807, 2.05) is 37.5 Å². The van der Waals surface area contributed by atoms with Crippen molar-refractivity contribution in [2.45, 2.75) is 77.5 Å². The van der Waals surface area contributed by atoms with Gasteiger partial charge in [0.1, 0.15) is 34.2 Å². The molecule has 2 atom stereocenters. The third-order valence-corrected chi connectivity index (χ3v) is 9.92. The van der Waals surface area contributed by atoms with Crippen molar-refractivity contribution in [2.75, 3.05) is 45.1 Å². The van der Waals surface area contributed by atoms with Crippen molar-refractivity contribution in [3.8, 4) is 23.0 Å². The number of benzene rings is 2. The molecular weight excluding hydrogens is 648 g/mol. The van der Waals surface area contributed by atoms with Crippen molar-refractivity contribution < 1.29 is 37.6 Å². The molecule has 2 bridgehead atoms. The van der Waals surface area contributed by atoms with Crippen LogP contribution in [0.15, 0.2) is 30.5 Å². The van der Waals surface area contributed by atoms with Gasteiger partial charge in [-0.25, -0.2) is 13.6 Å². The number of aliphatic hydroxyl groups is 1. The second-order valence-corrected chi connectivity index (χ2v) is 14.6. The summed E-state index contributed by atoms with van der Waals surface area (Å²) in [6, 6.07) is 6.17. The van der Waals surface area contributed by atoms with E-state index in [2.05, 4.69) is 9.97 Å². The van der Waals surface area contributed by atoms with Crippen LogP contribution in [0, 0.1) is 17.0 Å². The SMILES string of the molecule is CCc1c(F)ccc2cc(OCOC)cc(-c3ncc4c(N5CC6CCC(C5)N6C(=O)OC(C)(C)C)nc(OCC5(CO)CC5)nc4c3F)c12. The Morgan fingerprint density at radius 1 is 1.08 bits per heavy atom. The minimum atomic E-state index is -0.717. The monoisotopic (exact) mass is 691 g/mol. The van der Waals surface area contributed by atoms with Gasteiger partial charge < -0.3 is 29.0 Å². The topological polar surface area (TPSA) is 119 Å². The number of halogens is 2. The number of ether oxygens (including phenoxy) is 4. The van der Waals surface area contributed by atoms with Gasteiger partial charge in [-0.05, 0) is 87.4 Å². The summed E-state index contributed by atoms with van der Waals surface area (Å²) in [5.74, 6) is -0.258. The summed E-state index contributed by atoms with van der Waals surface area (Å²) in [4.78, 5) is 31.0. The lowest BCUT2D eigenvalue weighted by atomic mass is 9.94. The summed E-state index contributed by atoms with van der Waals surface area (Å²) in [6.45, 7) is 8.42. The van der Waals surface area contributed by atoms with Gasteiger partial charge in [0.15, 0.2) is 12.6 Å². The Labute approximate surface area is 289 Å². The third kappa shape index (κ3) is 6.37. The van der Waals surface area contributed by atoms with Crippen LogP contribution in [0.5, 0.6) is 11.8 Å². The number of pyridine rings is 1. The molecule has 4 aromatic rings. The molecule has 1 N–H and O–H groups in total. The highest BCUT2D eigenvalue weighted by molar-refractivity contribution is 6.02. The number of piperazine rings is 1. The average Bonchev–Trinajstić information content (AvgIpc) is 3.82. The molecule has 2 aliphatic heterocycles. The lowest BCUT2D eigenvalue weighted by Gasteiger charge is -2.42. The predicted molar refractivity (Wildman–Crippen MR) is 183 cm³/mol. The van der Waals surface area contributed by atoms with Gasteiger partial charge in [-0.15, -0.1) is 0 Å². The van der Waals surface area contributed by atoms with Gasteiger partial charge >= 0.3 is 12.1 Å². The molecule has 50 heavy (non-hydrogen) atoms. The molecule has 3 aliphatic rings. The molecular formula is C37H43F2N5O6. The van der Waals surface area contributed by atoms with Gasteiger partial charge in [0.2, 0.25) is 0 Å². The number of rotatable bonds is 10. The molecule has 3 fully saturated rings. The Morgan fingerprint density at radius 3 is 2.46 bits per heavy atom. The van der Waals surface area contributed by atoms with Crippen molar-refractivity contribution in [3.63, 3.8) is 0 Å². The summed E-state index contributed by atoms with van der Waals surface area (Å²) in [5, 5.41) is 11.5. The quantitative estimate of drug-likeness (QED) is 0.187. The summed E-state index contributed by atoms with van der Waals surface area (Å²) < 4.78 is 54.9. The Bertz CT molecular complexity index is 1930. The maximum atomic E-state index is 17.1.